The van der Waals surface area contributed by atoms with E-state index in [1.54, 1.807) is 10.7 Å². The fourth-order valence-corrected chi connectivity index (χ4v) is 2.92. The first-order chi connectivity index (χ1) is 13.8. The lowest BCUT2D eigenvalue weighted by Gasteiger charge is -2.21. The number of benzene rings is 1. The lowest BCUT2D eigenvalue weighted by Crippen LogP contribution is -2.30. The van der Waals surface area contributed by atoms with Gasteiger partial charge < -0.3 is 26.0 Å². The second-order valence-corrected chi connectivity index (χ2v) is 7.26. The van der Waals surface area contributed by atoms with Crippen molar-refractivity contribution in [3.8, 4) is 11.5 Å². The van der Waals surface area contributed by atoms with Crippen molar-refractivity contribution in [2.45, 2.75) is 46.3 Å². The second-order valence-electron chi connectivity index (χ2n) is 7.26. The van der Waals surface area contributed by atoms with Gasteiger partial charge in [0.1, 0.15) is 0 Å². The van der Waals surface area contributed by atoms with Gasteiger partial charge in [0.15, 0.2) is 28.5 Å². The number of nitrogens with one attached hydrogen (secondary N) is 2. The van der Waals surface area contributed by atoms with E-state index in [0.29, 0.717) is 29.5 Å². The average molecular weight is 401 g/mol. The SMILES string of the molecule is CCn1nnc2c(NC(C)c3ccc(O)c(O)c3)nc(NC(CO)C(C)C)nc21. The molecular formula is C19H27N7O3. The second kappa shape index (κ2) is 8.48. The highest BCUT2D eigenvalue weighted by atomic mass is 16.3. The molecule has 29 heavy (non-hydrogen) atoms. The maximum Gasteiger partial charge on any atom is 0.227 e. The summed E-state index contributed by atoms with van der Waals surface area (Å²) in [5.41, 5.74) is 1.87. The molecule has 2 unspecified atom stereocenters. The molecule has 10 heteroatoms. The van der Waals surface area contributed by atoms with Crippen LogP contribution in [0.4, 0.5) is 11.8 Å². The lowest BCUT2D eigenvalue weighted by atomic mass is 10.1. The molecule has 0 aliphatic rings. The molecule has 0 aliphatic heterocycles. The fourth-order valence-electron chi connectivity index (χ4n) is 2.92. The zero-order valence-corrected chi connectivity index (χ0v) is 17.0. The van der Waals surface area contributed by atoms with Crippen molar-refractivity contribution in [2.24, 2.45) is 5.92 Å². The highest BCUT2D eigenvalue weighted by Crippen LogP contribution is 2.30. The number of nitrogens with zero attached hydrogens (tertiary/aromatic N) is 5. The number of hydrogen-bond acceptors (Lipinski definition) is 9. The van der Waals surface area contributed by atoms with E-state index in [4.69, 9.17) is 0 Å². The van der Waals surface area contributed by atoms with E-state index >= 15 is 0 Å². The molecule has 1 aromatic carbocycles. The van der Waals surface area contributed by atoms with Crippen molar-refractivity contribution in [3.05, 3.63) is 23.8 Å². The van der Waals surface area contributed by atoms with Gasteiger partial charge in [0.05, 0.1) is 18.7 Å². The monoisotopic (exact) mass is 401 g/mol. The van der Waals surface area contributed by atoms with Gasteiger partial charge in [-0.3, -0.25) is 0 Å². The minimum Gasteiger partial charge on any atom is -0.504 e. The zero-order chi connectivity index (χ0) is 21.1. The number of aryl methyl sites for hydroxylation is 1. The Bertz CT molecular complexity index is 989. The summed E-state index contributed by atoms with van der Waals surface area (Å²) in [7, 11) is 0. The van der Waals surface area contributed by atoms with E-state index in [9.17, 15) is 15.3 Å². The normalized spacial score (nSPS) is 13.6. The molecule has 0 spiro atoms. The van der Waals surface area contributed by atoms with Crippen molar-refractivity contribution in [3.63, 3.8) is 0 Å². The van der Waals surface area contributed by atoms with Crippen molar-refractivity contribution in [1.29, 1.82) is 0 Å². The van der Waals surface area contributed by atoms with Crippen LogP contribution in [0.2, 0.25) is 0 Å². The molecule has 3 aromatic rings. The standard InChI is InChI=1S/C19H27N7O3/c1-5-26-18-16(24-25-26)17(22-19(23-18)21-13(9-27)10(2)3)20-11(4)12-6-7-14(28)15(29)8-12/h6-8,10-11,13,27-29H,5,9H2,1-4H3,(H2,20,21,22,23). The largest absolute Gasteiger partial charge is 0.504 e. The van der Waals surface area contributed by atoms with Crippen LogP contribution in [0.25, 0.3) is 11.2 Å². The Morgan fingerprint density at radius 2 is 1.83 bits per heavy atom. The maximum absolute atomic E-state index is 9.78. The van der Waals surface area contributed by atoms with E-state index in [1.165, 1.54) is 12.1 Å². The van der Waals surface area contributed by atoms with Gasteiger partial charge >= 0.3 is 0 Å². The van der Waals surface area contributed by atoms with Crippen molar-refractivity contribution in [1.82, 2.24) is 25.0 Å². The first-order valence-corrected chi connectivity index (χ1v) is 9.61. The number of aromatic nitrogens is 5. The van der Waals surface area contributed by atoms with Crippen molar-refractivity contribution < 1.29 is 15.3 Å². The predicted molar refractivity (Wildman–Crippen MR) is 110 cm³/mol. The Kier molecular flexibility index (Phi) is 6.02. The van der Waals surface area contributed by atoms with Gasteiger partial charge in [0.2, 0.25) is 5.95 Å². The van der Waals surface area contributed by atoms with Crippen LogP contribution in [-0.4, -0.2) is 52.9 Å². The Hall–Kier alpha value is -3.14. The van der Waals surface area contributed by atoms with Gasteiger partial charge in [-0.2, -0.15) is 9.97 Å². The number of hydrogen-bond donors (Lipinski definition) is 5. The molecule has 3 rings (SSSR count). The lowest BCUT2D eigenvalue weighted by molar-refractivity contribution is 0.248. The van der Waals surface area contributed by atoms with Gasteiger partial charge in [-0.05, 0) is 37.5 Å². The molecule has 0 aliphatic carbocycles. The summed E-state index contributed by atoms with van der Waals surface area (Å²) in [6, 6.07) is 4.21. The minimum atomic E-state index is -0.238. The number of rotatable bonds is 8. The molecule has 2 aromatic heterocycles. The van der Waals surface area contributed by atoms with Gasteiger partial charge in [0.25, 0.3) is 0 Å². The molecule has 0 radical (unpaired) electrons. The Morgan fingerprint density at radius 3 is 2.45 bits per heavy atom. The van der Waals surface area contributed by atoms with Gasteiger partial charge in [-0.25, -0.2) is 4.68 Å². The number of anilines is 2. The number of phenolic OH excluding ortho intramolecular Hbond substituents is 2. The van der Waals surface area contributed by atoms with Crippen LogP contribution in [0.1, 0.15) is 39.3 Å². The summed E-state index contributed by atoms with van der Waals surface area (Å²) < 4.78 is 1.67. The van der Waals surface area contributed by atoms with Gasteiger partial charge in [-0.1, -0.05) is 25.1 Å². The van der Waals surface area contributed by atoms with Crippen molar-refractivity contribution in [2.75, 3.05) is 17.2 Å². The van der Waals surface area contributed by atoms with Crippen LogP contribution in [0.3, 0.4) is 0 Å². The van der Waals surface area contributed by atoms with Crippen molar-refractivity contribution >= 4 is 22.9 Å². The Morgan fingerprint density at radius 1 is 1.07 bits per heavy atom. The number of aliphatic hydroxyl groups is 1. The van der Waals surface area contributed by atoms with E-state index in [1.807, 2.05) is 27.7 Å². The quantitative estimate of drug-likeness (QED) is 0.359. The third kappa shape index (κ3) is 4.32. The van der Waals surface area contributed by atoms with Crippen LogP contribution in [0, 0.1) is 5.92 Å². The molecular weight excluding hydrogens is 374 g/mol. The number of aliphatic hydroxyl groups excluding tert-OH is 1. The van der Waals surface area contributed by atoms with Crippen LogP contribution in [0.15, 0.2) is 18.2 Å². The maximum atomic E-state index is 9.78. The molecule has 0 amide bonds. The van der Waals surface area contributed by atoms with Crippen LogP contribution < -0.4 is 10.6 Å². The topological polar surface area (TPSA) is 141 Å². The first kappa shape index (κ1) is 20.6. The van der Waals surface area contributed by atoms with E-state index in [0.717, 1.165) is 5.56 Å². The van der Waals surface area contributed by atoms with Crippen LogP contribution in [0.5, 0.6) is 11.5 Å². The molecule has 0 saturated heterocycles. The fraction of sp³-hybridized carbons (Fsp3) is 0.474. The van der Waals surface area contributed by atoms with Gasteiger partial charge in [-0.15, -0.1) is 5.10 Å². The number of fused-ring (bicyclic) bond motifs is 1. The minimum absolute atomic E-state index is 0.0453. The summed E-state index contributed by atoms with van der Waals surface area (Å²) in [6.45, 7) is 8.41. The number of phenols is 2. The molecule has 0 bridgehead atoms. The number of aromatic hydroxyl groups is 2. The highest BCUT2D eigenvalue weighted by Gasteiger charge is 2.19. The van der Waals surface area contributed by atoms with E-state index < -0.39 is 0 Å². The molecule has 0 saturated carbocycles. The average Bonchev–Trinajstić information content (AvgIpc) is 3.11. The summed E-state index contributed by atoms with van der Waals surface area (Å²) in [6.07, 6.45) is 0. The first-order valence-electron chi connectivity index (χ1n) is 9.61. The van der Waals surface area contributed by atoms with Crippen LogP contribution >= 0.6 is 0 Å². The molecule has 156 valence electrons. The Labute approximate surface area is 168 Å². The van der Waals surface area contributed by atoms with E-state index in [-0.39, 0.29) is 36.1 Å². The Balaban J connectivity index is 1.98. The van der Waals surface area contributed by atoms with E-state index in [2.05, 4.69) is 30.9 Å². The summed E-state index contributed by atoms with van der Waals surface area (Å²) in [5, 5.41) is 43.7. The molecule has 5 N–H and O–H groups in total. The smallest absolute Gasteiger partial charge is 0.227 e. The predicted octanol–water partition coefficient (Wildman–Crippen LogP) is 2.25. The van der Waals surface area contributed by atoms with Gasteiger partial charge in [0, 0.05) is 6.54 Å². The molecule has 0 fully saturated rings. The zero-order valence-electron chi connectivity index (χ0n) is 17.0. The van der Waals surface area contributed by atoms with Crippen LogP contribution in [-0.2, 0) is 6.54 Å². The third-order valence-corrected chi connectivity index (χ3v) is 4.83. The summed E-state index contributed by atoms with van der Waals surface area (Å²) in [5.74, 6) is 0.671. The highest BCUT2D eigenvalue weighted by molar-refractivity contribution is 5.83. The third-order valence-electron chi connectivity index (χ3n) is 4.83. The molecule has 2 atom stereocenters. The molecule has 2 heterocycles. The summed E-state index contributed by atoms with van der Waals surface area (Å²) in [4.78, 5) is 9.09. The molecule has 10 nitrogen and oxygen atoms in total. The summed E-state index contributed by atoms with van der Waals surface area (Å²) >= 11 is 0.